The van der Waals surface area contributed by atoms with Crippen LogP contribution in [0.5, 0.6) is 0 Å². The van der Waals surface area contributed by atoms with Gasteiger partial charge >= 0.3 is 11.9 Å². The minimum Gasteiger partial charge on any atom is -0.464 e. The molecule has 6 fully saturated rings. The number of fused-ring (bicyclic) bond motifs is 7. The van der Waals surface area contributed by atoms with Gasteiger partial charge in [0.15, 0.2) is 6.29 Å². The van der Waals surface area contributed by atoms with Crippen LogP contribution in [0.4, 0.5) is 0 Å². The number of esters is 2. The predicted molar refractivity (Wildman–Crippen MR) is 175 cm³/mol. The Bertz CT molecular complexity index is 1150. The lowest BCUT2D eigenvalue weighted by Crippen LogP contribution is -2.67. The van der Waals surface area contributed by atoms with Crippen molar-refractivity contribution in [3.63, 3.8) is 0 Å². The van der Waals surface area contributed by atoms with Crippen LogP contribution < -0.4 is 0 Å². The van der Waals surface area contributed by atoms with E-state index >= 15 is 0 Å². The summed E-state index contributed by atoms with van der Waals surface area (Å²) >= 11 is 0. The summed E-state index contributed by atoms with van der Waals surface area (Å²) in [5.74, 6) is 1.84. The van der Waals surface area contributed by atoms with Crippen LogP contribution in [0, 0.1) is 62.6 Å². The number of rotatable bonds is 7. The van der Waals surface area contributed by atoms with Crippen LogP contribution in [-0.4, -0.2) is 78.9 Å². The Balaban J connectivity index is 1.23. The summed E-state index contributed by atoms with van der Waals surface area (Å²) in [7, 11) is 0. The number of carbonyl (C=O) groups is 2. The van der Waals surface area contributed by atoms with Crippen LogP contribution in [0.15, 0.2) is 0 Å². The predicted octanol–water partition coefficient (Wildman–Crippen LogP) is 5.82. The van der Waals surface area contributed by atoms with E-state index in [1.165, 1.54) is 12.8 Å². The molecule has 8 heteroatoms. The van der Waals surface area contributed by atoms with Crippen LogP contribution in [-0.2, 0) is 23.8 Å². The third kappa shape index (κ3) is 5.29. The van der Waals surface area contributed by atoms with Crippen LogP contribution in [0.3, 0.4) is 0 Å². The summed E-state index contributed by atoms with van der Waals surface area (Å²) in [6.07, 6.45) is 8.97. The van der Waals surface area contributed by atoms with E-state index in [0.717, 1.165) is 64.5 Å². The molecule has 11 atom stereocenters. The molecule has 0 aromatic rings. The van der Waals surface area contributed by atoms with Gasteiger partial charge in [-0.05, 0) is 116 Å². The normalized spacial score (nSPS) is 46.0. The summed E-state index contributed by atoms with van der Waals surface area (Å²) < 4.78 is 17.3. The molecule has 8 nitrogen and oxygen atoms in total. The number of hydrogen-bond acceptors (Lipinski definition) is 8. The molecule has 262 valence electrons. The molecule has 5 unspecified atom stereocenters. The van der Waals surface area contributed by atoms with E-state index in [1.54, 1.807) is 6.92 Å². The zero-order valence-corrected chi connectivity index (χ0v) is 29.8. The molecule has 1 aliphatic heterocycles. The highest BCUT2D eigenvalue weighted by atomic mass is 16.5. The van der Waals surface area contributed by atoms with Gasteiger partial charge in [-0.15, -0.1) is 0 Å². The van der Waals surface area contributed by atoms with Crippen molar-refractivity contribution < 1.29 is 34.0 Å². The molecule has 6 aliphatic rings. The molecule has 0 amide bonds. The first kappa shape index (κ1) is 34.6. The fourth-order valence-electron chi connectivity index (χ4n) is 13.5. The Morgan fingerprint density at radius 1 is 0.870 bits per heavy atom. The molecule has 1 heterocycles. The fraction of sp³-hybridized carbons (Fsp3) is 0.947. The van der Waals surface area contributed by atoms with Crippen molar-refractivity contribution in [2.24, 2.45) is 62.6 Å². The molecule has 1 saturated heterocycles. The second-order valence-electron chi connectivity index (χ2n) is 18.0. The standard InChI is InChI=1S/C38H63NO7/c1-24(23-45-31(41)22-39-18-20-44-21-19-39)26-10-15-38(33(42)43)17-16-36(6)27(32(26)38)8-9-29-35(5)13-12-30(46-25(2)40)34(3,4)28(35)11-14-37(29,36)7/h24,26-30,32-33,42-43H,8-23H2,1-7H3/t24?,26-,27?,28?,29?,30+,32?,35-,36+,37+,38-/m0/s1. The van der Waals surface area contributed by atoms with E-state index < -0.39 is 11.7 Å². The third-order valence-corrected chi connectivity index (χ3v) is 16.0. The van der Waals surface area contributed by atoms with E-state index in [-0.39, 0.29) is 51.5 Å². The molecule has 2 N–H and O–H groups in total. The number of morpholine rings is 1. The molecule has 5 aliphatic carbocycles. The smallest absolute Gasteiger partial charge is 0.320 e. The molecule has 6 rings (SSSR count). The van der Waals surface area contributed by atoms with Crippen LogP contribution in [0.25, 0.3) is 0 Å². The summed E-state index contributed by atoms with van der Waals surface area (Å²) in [4.78, 5) is 26.9. The lowest BCUT2D eigenvalue weighted by Gasteiger charge is -2.73. The van der Waals surface area contributed by atoms with Crippen molar-refractivity contribution in [2.75, 3.05) is 39.5 Å². The van der Waals surface area contributed by atoms with Crippen LogP contribution >= 0.6 is 0 Å². The number of carbonyl (C=O) groups excluding carboxylic acids is 2. The lowest BCUT2D eigenvalue weighted by molar-refractivity contribution is -0.270. The van der Waals surface area contributed by atoms with Crippen molar-refractivity contribution in [3.05, 3.63) is 0 Å². The molecule has 0 aromatic heterocycles. The maximum Gasteiger partial charge on any atom is 0.320 e. The molecule has 0 radical (unpaired) electrons. The van der Waals surface area contributed by atoms with Gasteiger partial charge in [0.1, 0.15) is 6.10 Å². The van der Waals surface area contributed by atoms with Gasteiger partial charge in [-0.3, -0.25) is 14.5 Å². The Kier molecular flexibility index (Phi) is 9.25. The number of hydrogen-bond donors (Lipinski definition) is 2. The lowest BCUT2D eigenvalue weighted by atomic mass is 9.32. The Morgan fingerprint density at radius 2 is 1.59 bits per heavy atom. The summed E-state index contributed by atoms with van der Waals surface area (Å²) in [5.41, 5.74) is -0.109. The molecule has 46 heavy (non-hydrogen) atoms. The van der Waals surface area contributed by atoms with Gasteiger partial charge in [0.2, 0.25) is 0 Å². The fourth-order valence-corrected chi connectivity index (χ4v) is 13.5. The summed E-state index contributed by atoms with van der Waals surface area (Å²) in [6.45, 7) is 19.7. The van der Waals surface area contributed by atoms with Crippen molar-refractivity contribution >= 4 is 11.9 Å². The van der Waals surface area contributed by atoms with Crippen molar-refractivity contribution in [3.8, 4) is 0 Å². The van der Waals surface area contributed by atoms with E-state index in [0.29, 0.717) is 50.0 Å². The second kappa shape index (κ2) is 12.3. The first-order valence-electron chi connectivity index (χ1n) is 18.6. The zero-order valence-electron chi connectivity index (χ0n) is 29.8. The van der Waals surface area contributed by atoms with Crippen molar-refractivity contribution in [1.29, 1.82) is 0 Å². The monoisotopic (exact) mass is 645 g/mol. The van der Waals surface area contributed by atoms with Crippen LogP contribution in [0.2, 0.25) is 0 Å². The van der Waals surface area contributed by atoms with Crippen molar-refractivity contribution in [1.82, 2.24) is 4.90 Å². The Labute approximate surface area is 277 Å². The van der Waals surface area contributed by atoms with Gasteiger partial charge in [0.05, 0.1) is 26.4 Å². The third-order valence-electron chi connectivity index (χ3n) is 16.0. The van der Waals surface area contributed by atoms with Gasteiger partial charge in [0, 0.05) is 30.8 Å². The minimum atomic E-state index is -1.32. The first-order chi connectivity index (χ1) is 21.6. The molecular formula is C38H63NO7. The van der Waals surface area contributed by atoms with E-state index in [4.69, 9.17) is 14.2 Å². The average molecular weight is 646 g/mol. The summed E-state index contributed by atoms with van der Waals surface area (Å²) in [6, 6.07) is 0. The average Bonchev–Trinajstić information content (AvgIpc) is 3.39. The van der Waals surface area contributed by atoms with E-state index in [9.17, 15) is 19.8 Å². The maximum atomic E-state index is 12.8. The second-order valence-corrected chi connectivity index (χ2v) is 18.0. The number of nitrogens with zero attached hydrogens (tertiary/aromatic N) is 1. The van der Waals surface area contributed by atoms with Gasteiger partial charge < -0.3 is 24.4 Å². The van der Waals surface area contributed by atoms with Gasteiger partial charge in [0.25, 0.3) is 0 Å². The highest BCUT2D eigenvalue weighted by molar-refractivity contribution is 5.71. The van der Waals surface area contributed by atoms with E-state index in [1.807, 2.05) is 0 Å². The largest absolute Gasteiger partial charge is 0.464 e. The highest BCUT2D eigenvalue weighted by Gasteiger charge is 2.72. The highest BCUT2D eigenvalue weighted by Crippen LogP contribution is 2.77. The Morgan fingerprint density at radius 3 is 2.26 bits per heavy atom. The van der Waals surface area contributed by atoms with Crippen molar-refractivity contribution in [2.45, 2.75) is 125 Å². The molecule has 0 aromatic carbocycles. The topological polar surface area (TPSA) is 106 Å². The van der Waals surface area contributed by atoms with Gasteiger partial charge in [-0.2, -0.15) is 0 Å². The molecule has 5 saturated carbocycles. The first-order valence-corrected chi connectivity index (χ1v) is 18.6. The summed E-state index contributed by atoms with van der Waals surface area (Å²) in [5, 5.41) is 22.1. The maximum absolute atomic E-state index is 12.8. The van der Waals surface area contributed by atoms with Crippen LogP contribution in [0.1, 0.15) is 113 Å². The molecule has 0 spiro atoms. The number of aliphatic hydroxyl groups is 2. The molecular weight excluding hydrogens is 582 g/mol. The van der Waals surface area contributed by atoms with E-state index in [2.05, 4.69) is 46.4 Å². The quantitative estimate of drug-likeness (QED) is 0.264. The number of ether oxygens (including phenoxy) is 3. The minimum absolute atomic E-state index is 0.0237. The van der Waals surface area contributed by atoms with Gasteiger partial charge in [-0.25, -0.2) is 0 Å². The Hall–Kier alpha value is -1.22. The molecule has 0 bridgehead atoms. The number of aliphatic hydroxyl groups excluding tert-OH is 1. The van der Waals surface area contributed by atoms with Gasteiger partial charge in [-0.1, -0.05) is 41.5 Å². The zero-order chi connectivity index (χ0) is 33.3. The SMILES string of the molecule is CC(=O)O[C@@H]1CC[C@@]2(C)C(CC[C@]3(C)C2CCC2C4[C@H](C(C)COC(=O)CN5CCOCC5)CC[C@]4(C(O)O)CC[C@]23C)C1(C)C.